The van der Waals surface area contributed by atoms with Gasteiger partial charge in [-0.25, -0.2) is 0 Å². The first-order valence-electron chi connectivity index (χ1n) is 7.64. The van der Waals surface area contributed by atoms with Crippen LogP contribution < -0.4 is 0 Å². The summed E-state index contributed by atoms with van der Waals surface area (Å²) in [5.74, 6) is 1.24. The van der Waals surface area contributed by atoms with Gasteiger partial charge in [0.15, 0.2) is 0 Å². The van der Waals surface area contributed by atoms with E-state index < -0.39 is 0 Å². The van der Waals surface area contributed by atoms with Crippen LogP contribution >= 0.6 is 0 Å². The molecule has 20 heavy (non-hydrogen) atoms. The molecule has 0 spiro atoms. The maximum absolute atomic E-state index is 6.36. The molecule has 3 atom stereocenters. The minimum atomic E-state index is 0.0476. The summed E-state index contributed by atoms with van der Waals surface area (Å²) in [7, 11) is 0. The van der Waals surface area contributed by atoms with Gasteiger partial charge in [-0.2, -0.15) is 0 Å². The SMILES string of the molecule is CC1(C)C[C@H]2CC[C@@H](c3cncc4ccccc34)[C@H]2O1. The Balaban J connectivity index is 1.77. The minimum absolute atomic E-state index is 0.0476. The van der Waals surface area contributed by atoms with Gasteiger partial charge in [-0.15, -0.1) is 0 Å². The number of aromatic nitrogens is 1. The molecule has 0 N–H and O–H groups in total. The van der Waals surface area contributed by atoms with Crippen LogP contribution in [0.2, 0.25) is 0 Å². The first kappa shape index (κ1) is 12.3. The van der Waals surface area contributed by atoms with Crippen molar-refractivity contribution < 1.29 is 4.74 Å². The van der Waals surface area contributed by atoms with E-state index in [0.29, 0.717) is 12.0 Å². The number of pyridine rings is 1. The molecule has 0 amide bonds. The maximum atomic E-state index is 6.36. The Labute approximate surface area is 120 Å². The second-order valence-electron chi connectivity index (χ2n) is 6.94. The van der Waals surface area contributed by atoms with Crippen LogP contribution in [0, 0.1) is 5.92 Å². The Morgan fingerprint density at radius 3 is 2.90 bits per heavy atom. The van der Waals surface area contributed by atoms with Crippen LogP contribution in [-0.2, 0) is 4.74 Å². The van der Waals surface area contributed by atoms with E-state index in [1.807, 2.05) is 6.20 Å². The Kier molecular flexibility index (Phi) is 2.65. The van der Waals surface area contributed by atoms with Gasteiger partial charge in [0.1, 0.15) is 0 Å². The molecular formula is C18H21NO. The van der Waals surface area contributed by atoms with Gasteiger partial charge in [-0.05, 0) is 50.0 Å². The molecule has 104 valence electrons. The smallest absolute Gasteiger partial charge is 0.0680 e. The van der Waals surface area contributed by atoms with Crippen LogP contribution in [0.3, 0.4) is 0 Å². The van der Waals surface area contributed by atoms with E-state index in [9.17, 15) is 0 Å². The van der Waals surface area contributed by atoms with Crippen molar-refractivity contribution in [3.8, 4) is 0 Å². The van der Waals surface area contributed by atoms with Gasteiger partial charge in [0, 0.05) is 23.7 Å². The molecule has 1 aromatic heterocycles. The van der Waals surface area contributed by atoms with Gasteiger partial charge >= 0.3 is 0 Å². The van der Waals surface area contributed by atoms with E-state index in [-0.39, 0.29) is 5.60 Å². The Morgan fingerprint density at radius 1 is 1.15 bits per heavy atom. The van der Waals surface area contributed by atoms with Crippen molar-refractivity contribution in [1.82, 2.24) is 4.98 Å². The molecule has 1 aliphatic heterocycles. The molecule has 0 radical (unpaired) electrons. The fourth-order valence-electron chi connectivity index (χ4n) is 4.26. The maximum Gasteiger partial charge on any atom is 0.0680 e. The lowest BCUT2D eigenvalue weighted by molar-refractivity contribution is -0.0249. The standard InChI is InChI=1S/C18H21NO/c1-18(2)9-12-7-8-15(17(12)20-18)16-11-19-10-13-5-3-4-6-14(13)16/h3-6,10-12,15,17H,7-9H2,1-2H3/t12-,15+,17+/m1/s1. The zero-order valence-electron chi connectivity index (χ0n) is 12.2. The van der Waals surface area contributed by atoms with Gasteiger partial charge in [0.05, 0.1) is 11.7 Å². The van der Waals surface area contributed by atoms with Crippen LogP contribution in [0.15, 0.2) is 36.7 Å². The highest BCUT2D eigenvalue weighted by Crippen LogP contribution is 2.51. The van der Waals surface area contributed by atoms with E-state index in [4.69, 9.17) is 4.74 Å². The number of nitrogens with zero attached hydrogens (tertiary/aromatic N) is 1. The normalized spacial score (nSPS) is 31.6. The second-order valence-corrected chi connectivity index (χ2v) is 6.94. The molecule has 2 heterocycles. The molecule has 4 rings (SSSR count). The summed E-state index contributed by atoms with van der Waals surface area (Å²) in [5, 5.41) is 2.59. The van der Waals surface area contributed by atoms with Gasteiger partial charge in [-0.1, -0.05) is 24.3 Å². The lowest BCUT2D eigenvalue weighted by Gasteiger charge is -2.24. The molecule has 0 bridgehead atoms. The van der Waals surface area contributed by atoms with Crippen LogP contribution in [0.1, 0.15) is 44.6 Å². The summed E-state index contributed by atoms with van der Waals surface area (Å²) in [4.78, 5) is 4.45. The van der Waals surface area contributed by atoms with E-state index in [0.717, 1.165) is 5.92 Å². The summed E-state index contributed by atoms with van der Waals surface area (Å²) < 4.78 is 6.36. The zero-order valence-corrected chi connectivity index (χ0v) is 12.2. The van der Waals surface area contributed by atoms with E-state index >= 15 is 0 Å². The van der Waals surface area contributed by atoms with E-state index in [1.54, 1.807) is 0 Å². The summed E-state index contributed by atoms with van der Waals surface area (Å²) in [6, 6.07) is 8.58. The number of fused-ring (bicyclic) bond motifs is 2. The van der Waals surface area contributed by atoms with Crippen LogP contribution in [-0.4, -0.2) is 16.7 Å². The topological polar surface area (TPSA) is 22.1 Å². The summed E-state index contributed by atoms with van der Waals surface area (Å²) in [6.45, 7) is 4.45. The molecule has 1 aromatic carbocycles. The van der Waals surface area contributed by atoms with Gasteiger partial charge in [-0.3, -0.25) is 4.98 Å². The van der Waals surface area contributed by atoms with Crippen LogP contribution in [0.4, 0.5) is 0 Å². The molecule has 2 fully saturated rings. The Bertz CT molecular complexity index is 643. The molecule has 1 aliphatic carbocycles. The Hall–Kier alpha value is -1.41. The fourth-order valence-corrected chi connectivity index (χ4v) is 4.26. The summed E-state index contributed by atoms with van der Waals surface area (Å²) in [6.07, 6.45) is 8.14. The number of ether oxygens (including phenoxy) is 1. The third-order valence-electron chi connectivity index (χ3n) is 5.02. The average molecular weight is 267 g/mol. The lowest BCUT2D eigenvalue weighted by atomic mass is 9.90. The molecule has 1 saturated heterocycles. The predicted molar refractivity (Wildman–Crippen MR) is 80.8 cm³/mol. The quantitative estimate of drug-likeness (QED) is 0.768. The van der Waals surface area contributed by atoms with Crippen molar-refractivity contribution in [2.75, 3.05) is 0 Å². The minimum Gasteiger partial charge on any atom is -0.371 e. The highest BCUT2D eigenvalue weighted by molar-refractivity contribution is 5.85. The van der Waals surface area contributed by atoms with Crippen molar-refractivity contribution in [3.05, 3.63) is 42.2 Å². The van der Waals surface area contributed by atoms with Crippen molar-refractivity contribution >= 4 is 10.8 Å². The first-order valence-corrected chi connectivity index (χ1v) is 7.64. The summed E-state index contributed by atoms with van der Waals surface area (Å²) >= 11 is 0. The molecule has 2 aromatic rings. The van der Waals surface area contributed by atoms with E-state index in [1.165, 1.54) is 35.6 Å². The zero-order chi connectivity index (χ0) is 13.7. The second kappa shape index (κ2) is 4.29. The van der Waals surface area contributed by atoms with Crippen LogP contribution in [0.25, 0.3) is 10.8 Å². The number of rotatable bonds is 1. The van der Waals surface area contributed by atoms with Crippen molar-refractivity contribution in [2.24, 2.45) is 5.92 Å². The molecule has 1 saturated carbocycles. The Morgan fingerprint density at radius 2 is 2.00 bits per heavy atom. The van der Waals surface area contributed by atoms with Crippen molar-refractivity contribution in [2.45, 2.75) is 50.7 Å². The first-order chi connectivity index (χ1) is 9.64. The van der Waals surface area contributed by atoms with Gasteiger partial charge < -0.3 is 4.74 Å². The van der Waals surface area contributed by atoms with Crippen molar-refractivity contribution in [3.63, 3.8) is 0 Å². The molecule has 2 aliphatic rings. The number of benzene rings is 1. The molecule has 0 unspecified atom stereocenters. The third kappa shape index (κ3) is 1.86. The molecule has 2 nitrogen and oxygen atoms in total. The lowest BCUT2D eigenvalue weighted by Crippen LogP contribution is -2.23. The monoisotopic (exact) mass is 267 g/mol. The van der Waals surface area contributed by atoms with E-state index in [2.05, 4.69) is 49.3 Å². The number of hydrogen-bond donors (Lipinski definition) is 0. The largest absolute Gasteiger partial charge is 0.371 e. The fraction of sp³-hybridized carbons (Fsp3) is 0.500. The highest BCUT2D eigenvalue weighted by Gasteiger charge is 2.48. The number of hydrogen-bond acceptors (Lipinski definition) is 2. The highest BCUT2D eigenvalue weighted by atomic mass is 16.5. The summed E-state index contributed by atoms with van der Waals surface area (Å²) in [5.41, 5.74) is 1.43. The van der Waals surface area contributed by atoms with Crippen molar-refractivity contribution in [1.29, 1.82) is 0 Å². The predicted octanol–water partition coefficient (Wildman–Crippen LogP) is 4.30. The third-order valence-corrected chi connectivity index (χ3v) is 5.02. The molecular weight excluding hydrogens is 246 g/mol. The average Bonchev–Trinajstić information content (AvgIpc) is 2.93. The van der Waals surface area contributed by atoms with Crippen LogP contribution in [0.5, 0.6) is 0 Å². The van der Waals surface area contributed by atoms with Gasteiger partial charge in [0.2, 0.25) is 0 Å². The van der Waals surface area contributed by atoms with Gasteiger partial charge in [0.25, 0.3) is 0 Å². The molecule has 2 heteroatoms.